The topological polar surface area (TPSA) is 79.2 Å². The smallest absolute Gasteiger partial charge is 0.246 e. The Morgan fingerprint density at radius 3 is 2.77 bits per heavy atom. The first-order valence-electron chi connectivity index (χ1n) is 8.88. The Labute approximate surface area is 153 Å². The Kier molecular flexibility index (Phi) is 4.16. The molecule has 1 aliphatic rings. The maximum Gasteiger partial charge on any atom is 0.246 e. The number of piperidine rings is 1. The predicted molar refractivity (Wildman–Crippen MR) is 99.7 cm³/mol. The number of aromatic nitrogens is 2. The highest BCUT2D eigenvalue weighted by Crippen LogP contribution is 2.31. The van der Waals surface area contributed by atoms with Gasteiger partial charge in [-0.15, -0.1) is 0 Å². The van der Waals surface area contributed by atoms with Crippen LogP contribution in [0.1, 0.15) is 41.7 Å². The Hall–Kier alpha value is -2.12. The molecule has 3 heterocycles. The lowest BCUT2D eigenvalue weighted by Crippen LogP contribution is -2.39. The number of furan rings is 1. The fourth-order valence-corrected chi connectivity index (χ4v) is 5.47. The summed E-state index contributed by atoms with van der Waals surface area (Å²) < 4.78 is 33.1. The van der Waals surface area contributed by atoms with Gasteiger partial charge in [0.05, 0.1) is 11.0 Å². The maximum absolute atomic E-state index is 13.1. The number of hydrogen-bond donors (Lipinski definition) is 1. The van der Waals surface area contributed by atoms with Crippen LogP contribution < -0.4 is 0 Å². The van der Waals surface area contributed by atoms with Crippen molar-refractivity contribution in [2.45, 2.75) is 44.4 Å². The molecule has 4 rings (SSSR count). The number of aromatic amines is 1. The van der Waals surface area contributed by atoms with Crippen molar-refractivity contribution < 1.29 is 12.8 Å². The molecule has 1 fully saturated rings. The average molecular weight is 373 g/mol. The van der Waals surface area contributed by atoms with Crippen molar-refractivity contribution in [1.82, 2.24) is 14.3 Å². The first-order chi connectivity index (χ1) is 12.3. The van der Waals surface area contributed by atoms with Crippen molar-refractivity contribution in [2.24, 2.45) is 0 Å². The second kappa shape index (κ2) is 6.25. The maximum atomic E-state index is 13.1. The SMILES string of the molecule is Cc1ccc2nc([C@H]3CCCN(S(=O)(=O)c4cc(C)oc4C)C3)[nH]c2c1. The number of sulfonamides is 1. The third-order valence-electron chi connectivity index (χ3n) is 5.04. The van der Waals surface area contributed by atoms with E-state index in [0.29, 0.717) is 24.6 Å². The standard InChI is InChI=1S/C19H23N3O3S/c1-12-6-7-16-17(9-12)21-19(20-16)15-5-4-8-22(11-15)26(23,24)18-10-13(2)25-14(18)3/h6-7,9-10,15H,4-5,8,11H2,1-3H3,(H,20,21)/t15-/m0/s1. The van der Waals surface area contributed by atoms with Crippen LogP contribution in [0.25, 0.3) is 11.0 Å². The van der Waals surface area contributed by atoms with Crippen LogP contribution in [-0.2, 0) is 10.0 Å². The van der Waals surface area contributed by atoms with E-state index >= 15 is 0 Å². The molecule has 3 aromatic rings. The van der Waals surface area contributed by atoms with E-state index in [1.165, 1.54) is 5.56 Å². The van der Waals surface area contributed by atoms with E-state index in [1.807, 2.05) is 19.1 Å². The summed E-state index contributed by atoms with van der Waals surface area (Å²) in [6.07, 6.45) is 1.74. The number of hydrogen-bond acceptors (Lipinski definition) is 4. The van der Waals surface area contributed by atoms with Crippen molar-refractivity contribution in [2.75, 3.05) is 13.1 Å². The van der Waals surface area contributed by atoms with Crippen LogP contribution in [-0.4, -0.2) is 35.8 Å². The molecule has 1 aromatic carbocycles. The van der Waals surface area contributed by atoms with E-state index in [2.05, 4.69) is 11.1 Å². The molecule has 1 atom stereocenters. The quantitative estimate of drug-likeness (QED) is 0.760. The fourth-order valence-electron chi connectivity index (χ4n) is 3.72. The molecule has 1 aliphatic heterocycles. The molecule has 0 aliphatic carbocycles. The Balaban J connectivity index is 1.63. The fraction of sp³-hybridized carbons (Fsp3) is 0.421. The van der Waals surface area contributed by atoms with Gasteiger partial charge in [0.1, 0.15) is 22.2 Å². The van der Waals surface area contributed by atoms with Crippen LogP contribution in [0.4, 0.5) is 0 Å². The van der Waals surface area contributed by atoms with E-state index in [4.69, 9.17) is 9.40 Å². The molecule has 1 saturated heterocycles. The third kappa shape index (κ3) is 2.95. The molecule has 2 aromatic heterocycles. The number of nitrogens with zero attached hydrogens (tertiary/aromatic N) is 2. The summed E-state index contributed by atoms with van der Waals surface area (Å²) in [7, 11) is -3.55. The Morgan fingerprint density at radius 2 is 2.04 bits per heavy atom. The molecule has 7 heteroatoms. The number of nitrogens with one attached hydrogen (secondary N) is 1. The van der Waals surface area contributed by atoms with Gasteiger partial charge in [0.25, 0.3) is 0 Å². The van der Waals surface area contributed by atoms with Gasteiger partial charge in [-0.2, -0.15) is 4.31 Å². The van der Waals surface area contributed by atoms with E-state index in [9.17, 15) is 8.42 Å². The second-order valence-electron chi connectivity index (χ2n) is 7.12. The summed E-state index contributed by atoms with van der Waals surface area (Å²) in [4.78, 5) is 8.35. The Bertz CT molecular complexity index is 1070. The van der Waals surface area contributed by atoms with Crippen LogP contribution in [0.3, 0.4) is 0 Å². The molecule has 1 N–H and O–H groups in total. The molecule has 26 heavy (non-hydrogen) atoms. The number of rotatable bonds is 3. The van der Waals surface area contributed by atoms with E-state index < -0.39 is 10.0 Å². The lowest BCUT2D eigenvalue weighted by atomic mass is 9.99. The van der Waals surface area contributed by atoms with Crippen molar-refractivity contribution in [1.29, 1.82) is 0 Å². The van der Waals surface area contributed by atoms with Gasteiger partial charge >= 0.3 is 0 Å². The van der Waals surface area contributed by atoms with Crippen LogP contribution in [0.2, 0.25) is 0 Å². The highest BCUT2D eigenvalue weighted by Gasteiger charge is 2.34. The van der Waals surface area contributed by atoms with E-state index in [0.717, 1.165) is 29.7 Å². The third-order valence-corrected chi connectivity index (χ3v) is 7.01. The van der Waals surface area contributed by atoms with Gasteiger partial charge in [-0.25, -0.2) is 13.4 Å². The molecular weight excluding hydrogens is 350 g/mol. The van der Waals surface area contributed by atoms with E-state index in [-0.39, 0.29) is 10.8 Å². The normalized spacial score (nSPS) is 19.3. The summed E-state index contributed by atoms with van der Waals surface area (Å²) in [6, 6.07) is 7.72. The predicted octanol–water partition coefficient (Wildman–Crippen LogP) is 3.65. The Morgan fingerprint density at radius 1 is 1.23 bits per heavy atom. The van der Waals surface area contributed by atoms with Crippen molar-refractivity contribution in [3.63, 3.8) is 0 Å². The molecule has 0 bridgehead atoms. The minimum atomic E-state index is -3.55. The lowest BCUT2D eigenvalue weighted by Gasteiger charge is -2.30. The highest BCUT2D eigenvalue weighted by molar-refractivity contribution is 7.89. The van der Waals surface area contributed by atoms with Crippen LogP contribution in [0.5, 0.6) is 0 Å². The van der Waals surface area contributed by atoms with Gasteiger partial charge in [0, 0.05) is 19.0 Å². The number of H-pyrrole nitrogens is 1. The average Bonchev–Trinajstić information content (AvgIpc) is 3.17. The van der Waals surface area contributed by atoms with Gasteiger partial charge in [0.15, 0.2) is 0 Å². The molecule has 0 unspecified atom stereocenters. The van der Waals surface area contributed by atoms with Gasteiger partial charge in [-0.3, -0.25) is 0 Å². The zero-order chi connectivity index (χ0) is 18.5. The van der Waals surface area contributed by atoms with Gasteiger partial charge in [-0.05, 0) is 57.4 Å². The van der Waals surface area contributed by atoms with Crippen molar-refractivity contribution in [3.8, 4) is 0 Å². The number of benzene rings is 1. The first-order valence-corrected chi connectivity index (χ1v) is 10.3. The summed E-state index contributed by atoms with van der Waals surface area (Å²) in [6.45, 7) is 6.47. The lowest BCUT2D eigenvalue weighted by molar-refractivity contribution is 0.309. The van der Waals surface area contributed by atoms with Crippen LogP contribution in [0, 0.1) is 20.8 Å². The van der Waals surface area contributed by atoms with E-state index in [1.54, 1.807) is 24.2 Å². The number of aryl methyl sites for hydroxylation is 3. The summed E-state index contributed by atoms with van der Waals surface area (Å²) in [5.74, 6) is 2.00. The molecule has 0 radical (unpaired) electrons. The van der Waals surface area contributed by atoms with Crippen LogP contribution in [0.15, 0.2) is 33.6 Å². The molecule has 0 spiro atoms. The van der Waals surface area contributed by atoms with Crippen LogP contribution >= 0.6 is 0 Å². The highest BCUT2D eigenvalue weighted by atomic mass is 32.2. The molecule has 138 valence electrons. The van der Waals surface area contributed by atoms with Gasteiger partial charge in [0.2, 0.25) is 10.0 Å². The van der Waals surface area contributed by atoms with Gasteiger partial charge in [-0.1, -0.05) is 6.07 Å². The van der Waals surface area contributed by atoms with Crippen molar-refractivity contribution >= 4 is 21.1 Å². The largest absolute Gasteiger partial charge is 0.465 e. The zero-order valence-corrected chi connectivity index (χ0v) is 16.1. The minimum absolute atomic E-state index is 0.0690. The number of fused-ring (bicyclic) bond motifs is 1. The second-order valence-corrected chi connectivity index (χ2v) is 9.03. The molecule has 0 saturated carbocycles. The minimum Gasteiger partial charge on any atom is -0.465 e. The monoisotopic (exact) mass is 373 g/mol. The summed E-state index contributed by atoms with van der Waals surface area (Å²) >= 11 is 0. The molecule has 0 amide bonds. The summed E-state index contributed by atoms with van der Waals surface area (Å²) in [5, 5.41) is 0. The molecular formula is C19H23N3O3S. The van der Waals surface area contributed by atoms with Gasteiger partial charge < -0.3 is 9.40 Å². The molecule has 6 nitrogen and oxygen atoms in total. The van der Waals surface area contributed by atoms with Crippen molar-refractivity contribution in [3.05, 3.63) is 47.2 Å². The zero-order valence-electron chi connectivity index (χ0n) is 15.2. The first kappa shape index (κ1) is 17.3. The summed E-state index contributed by atoms with van der Waals surface area (Å²) in [5.41, 5.74) is 3.10. The number of imidazole rings is 1.